The van der Waals surface area contributed by atoms with Crippen LogP contribution < -0.4 is 5.32 Å². The van der Waals surface area contributed by atoms with Gasteiger partial charge in [-0.2, -0.15) is 0 Å². The summed E-state index contributed by atoms with van der Waals surface area (Å²) in [6, 6.07) is 11.5. The zero-order chi connectivity index (χ0) is 14.5. The normalized spacial score (nSPS) is 10.6. The maximum atomic E-state index is 12.3. The molecule has 0 aliphatic rings. The lowest BCUT2D eigenvalue weighted by molar-refractivity contribution is 0.193. The Morgan fingerprint density at radius 2 is 2.05 bits per heavy atom. The molecule has 1 N–H and O–H groups in total. The van der Waals surface area contributed by atoms with Gasteiger partial charge in [-0.1, -0.05) is 35.5 Å². The zero-order valence-corrected chi connectivity index (χ0v) is 12.0. The number of nitrogens with one attached hydrogen (secondary N) is 1. The predicted molar refractivity (Wildman–Crippen MR) is 77.4 cm³/mol. The van der Waals surface area contributed by atoms with Gasteiger partial charge >= 0.3 is 6.03 Å². The number of rotatable bonds is 4. The Morgan fingerprint density at radius 3 is 2.60 bits per heavy atom. The standard InChI is InChI=1S/C15H19N3O2/c1-11(2)18(10-13-7-5-4-6-8-13)15(19)16-14-9-12(3)20-17-14/h4-9,11H,10H2,1-3H3,(H,16,17,19). The van der Waals surface area contributed by atoms with Crippen molar-refractivity contribution in [2.45, 2.75) is 33.4 Å². The van der Waals surface area contributed by atoms with E-state index in [-0.39, 0.29) is 12.1 Å². The van der Waals surface area contributed by atoms with Crippen LogP contribution in [0.5, 0.6) is 0 Å². The molecule has 0 radical (unpaired) electrons. The molecule has 0 spiro atoms. The summed E-state index contributed by atoms with van der Waals surface area (Å²) in [6.07, 6.45) is 0. The van der Waals surface area contributed by atoms with Gasteiger partial charge in [0.25, 0.3) is 0 Å². The molecule has 106 valence electrons. The fraction of sp³-hybridized carbons (Fsp3) is 0.333. The summed E-state index contributed by atoms with van der Waals surface area (Å²) in [5.74, 6) is 1.10. The van der Waals surface area contributed by atoms with Crippen LogP contribution in [0.25, 0.3) is 0 Å². The molecule has 1 aromatic carbocycles. The number of hydrogen-bond donors (Lipinski definition) is 1. The average Bonchev–Trinajstić information content (AvgIpc) is 2.82. The van der Waals surface area contributed by atoms with E-state index in [4.69, 9.17) is 4.52 Å². The number of aryl methyl sites for hydroxylation is 1. The topological polar surface area (TPSA) is 58.4 Å². The Balaban J connectivity index is 2.06. The molecule has 0 aliphatic heterocycles. The van der Waals surface area contributed by atoms with Gasteiger partial charge in [0.2, 0.25) is 0 Å². The fourth-order valence-corrected chi connectivity index (χ4v) is 1.88. The van der Waals surface area contributed by atoms with Gasteiger partial charge in [0.15, 0.2) is 5.82 Å². The molecule has 0 fully saturated rings. The molecular weight excluding hydrogens is 254 g/mol. The monoisotopic (exact) mass is 273 g/mol. The number of carbonyl (C=O) groups is 1. The number of nitrogens with zero attached hydrogens (tertiary/aromatic N) is 2. The number of urea groups is 1. The minimum atomic E-state index is -0.183. The molecule has 0 aliphatic carbocycles. The van der Waals surface area contributed by atoms with Crippen LogP contribution in [0.3, 0.4) is 0 Å². The van der Waals surface area contributed by atoms with Crippen LogP contribution in [-0.2, 0) is 6.54 Å². The van der Waals surface area contributed by atoms with Crippen LogP contribution >= 0.6 is 0 Å². The van der Waals surface area contributed by atoms with Crippen LogP contribution in [0.1, 0.15) is 25.2 Å². The third kappa shape index (κ3) is 3.60. The minimum absolute atomic E-state index is 0.0863. The van der Waals surface area contributed by atoms with Crippen molar-refractivity contribution in [3.8, 4) is 0 Å². The maximum Gasteiger partial charge on any atom is 0.323 e. The van der Waals surface area contributed by atoms with Gasteiger partial charge < -0.3 is 9.42 Å². The van der Waals surface area contributed by atoms with Crippen molar-refractivity contribution in [1.82, 2.24) is 10.1 Å². The Labute approximate surface area is 118 Å². The van der Waals surface area contributed by atoms with E-state index in [1.165, 1.54) is 0 Å². The van der Waals surface area contributed by atoms with E-state index in [0.717, 1.165) is 5.56 Å². The lowest BCUT2D eigenvalue weighted by Gasteiger charge is -2.26. The van der Waals surface area contributed by atoms with Gasteiger partial charge in [0.1, 0.15) is 5.76 Å². The smallest absolute Gasteiger partial charge is 0.323 e. The van der Waals surface area contributed by atoms with E-state index in [9.17, 15) is 4.79 Å². The van der Waals surface area contributed by atoms with Gasteiger partial charge in [-0.05, 0) is 26.3 Å². The van der Waals surface area contributed by atoms with E-state index in [1.54, 1.807) is 17.9 Å². The molecule has 2 rings (SSSR count). The van der Waals surface area contributed by atoms with Crippen LogP contribution in [-0.4, -0.2) is 22.1 Å². The van der Waals surface area contributed by atoms with Gasteiger partial charge in [0, 0.05) is 18.7 Å². The number of anilines is 1. The van der Waals surface area contributed by atoms with Crippen molar-refractivity contribution in [3.05, 3.63) is 47.7 Å². The molecule has 2 amide bonds. The largest absolute Gasteiger partial charge is 0.360 e. The van der Waals surface area contributed by atoms with Crippen molar-refractivity contribution in [2.75, 3.05) is 5.32 Å². The number of aromatic nitrogens is 1. The molecule has 0 saturated heterocycles. The molecular formula is C15H19N3O2. The summed E-state index contributed by atoms with van der Waals surface area (Å²) in [5, 5.41) is 6.52. The maximum absolute atomic E-state index is 12.3. The van der Waals surface area contributed by atoms with Gasteiger partial charge in [-0.3, -0.25) is 5.32 Å². The molecule has 0 unspecified atom stereocenters. The first kappa shape index (κ1) is 14.1. The lowest BCUT2D eigenvalue weighted by atomic mass is 10.2. The van der Waals surface area contributed by atoms with Crippen LogP contribution in [0.4, 0.5) is 10.6 Å². The SMILES string of the molecule is Cc1cc(NC(=O)N(Cc2ccccc2)C(C)C)no1. The second-order valence-electron chi connectivity index (χ2n) is 4.96. The summed E-state index contributed by atoms with van der Waals surface area (Å²) in [7, 11) is 0. The highest BCUT2D eigenvalue weighted by molar-refractivity contribution is 5.88. The highest BCUT2D eigenvalue weighted by atomic mass is 16.5. The first-order chi connectivity index (χ1) is 9.56. The summed E-state index contributed by atoms with van der Waals surface area (Å²) >= 11 is 0. The third-order valence-corrected chi connectivity index (χ3v) is 2.94. The Hall–Kier alpha value is -2.30. The minimum Gasteiger partial charge on any atom is -0.360 e. The molecule has 20 heavy (non-hydrogen) atoms. The van der Waals surface area contributed by atoms with Crippen molar-refractivity contribution in [1.29, 1.82) is 0 Å². The van der Waals surface area contributed by atoms with Crippen molar-refractivity contribution >= 4 is 11.8 Å². The van der Waals surface area contributed by atoms with Crippen molar-refractivity contribution in [2.24, 2.45) is 0 Å². The molecule has 0 saturated carbocycles. The summed E-state index contributed by atoms with van der Waals surface area (Å²) in [6.45, 7) is 6.31. The predicted octanol–water partition coefficient (Wildman–Crippen LogP) is 3.43. The number of carbonyl (C=O) groups excluding carboxylic acids is 1. The number of amides is 2. The molecule has 1 heterocycles. The van der Waals surface area contributed by atoms with E-state index >= 15 is 0 Å². The van der Waals surface area contributed by atoms with Crippen molar-refractivity contribution < 1.29 is 9.32 Å². The lowest BCUT2D eigenvalue weighted by Crippen LogP contribution is -2.39. The number of hydrogen-bond acceptors (Lipinski definition) is 3. The second-order valence-corrected chi connectivity index (χ2v) is 4.96. The van der Waals surface area contributed by atoms with E-state index in [2.05, 4.69) is 10.5 Å². The molecule has 0 bridgehead atoms. The third-order valence-electron chi connectivity index (χ3n) is 2.94. The summed E-state index contributed by atoms with van der Waals surface area (Å²) < 4.78 is 4.94. The summed E-state index contributed by atoms with van der Waals surface area (Å²) in [5.41, 5.74) is 1.09. The Kier molecular flexibility index (Phi) is 4.40. The van der Waals surface area contributed by atoms with Gasteiger partial charge in [0.05, 0.1) is 0 Å². The van der Waals surface area contributed by atoms with Gasteiger partial charge in [-0.15, -0.1) is 0 Å². The highest BCUT2D eigenvalue weighted by Crippen LogP contribution is 2.12. The quantitative estimate of drug-likeness (QED) is 0.928. The Morgan fingerprint density at radius 1 is 1.35 bits per heavy atom. The fourth-order valence-electron chi connectivity index (χ4n) is 1.88. The first-order valence-electron chi connectivity index (χ1n) is 6.61. The van der Waals surface area contributed by atoms with Crippen LogP contribution in [0.15, 0.2) is 40.9 Å². The second kappa shape index (κ2) is 6.23. The number of benzene rings is 1. The molecule has 5 heteroatoms. The molecule has 2 aromatic rings. The Bertz CT molecular complexity index is 564. The van der Waals surface area contributed by atoms with Gasteiger partial charge in [-0.25, -0.2) is 4.79 Å². The van der Waals surface area contributed by atoms with E-state index in [0.29, 0.717) is 18.1 Å². The molecule has 1 aromatic heterocycles. The van der Waals surface area contributed by atoms with Crippen molar-refractivity contribution in [3.63, 3.8) is 0 Å². The summed E-state index contributed by atoms with van der Waals surface area (Å²) in [4.78, 5) is 14.1. The van der Waals surface area contributed by atoms with E-state index in [1.807, 2.05) is 44.2 Å². The van der Waals surface area contributed by atoms with Crippen LogP contribution in [0.2, 0.25) is 0 Å². The molecule has 0 atom stereocenters. The first-order valence-corrected chi connectivity index (χ1v) is 6.61. The zero-order valence-electron chi connectivity index (χ0n) is 12.0. The van der Waals surface area contributed by atoms with Crippen LogP contribution in [0, 0.1) is 6.92 Å². The molecule has 5 nitrogen and oxygen atoms in total. The highest BCUT2D eigenvalue weighted by Gasteiger charge is 2.18. The van der Waals surface area contributed by atoms with E-state index < -0.39 is 0 Å². The average molecular weight is 273 g/mol.